The van der Waals surface area contributed by atoms with Gasteiger partial charge in [0.2, 0.25) is 0 Å². The quantitative estimate of drug-likeness (QED) is 0.796. The van der Waals surface area contributed by atoms with Crippen LogP contribution in [-0.2, 0) is 16.0 Å². The van der Waals surface area contributed by atoms with Crippen LogP contribution in [0.15, 0.2) is 48.5 Å². The van der Waals surface area contributed by atoms with Crippen molar-refractivity contribution in [2.45, 2.75) is 58.2 Å². The van der Waals surface area contributed by atoms with Crippen LogP contribution in [0.3, 0.4) is 0 Å². The molecule has 1 heterocycles. The molecular formula is C22H29NO3. The molecule has 2 atom stereocenters. The fourth-order valence-corrected chi connectivity index (χ4v) is 3.49. The molecule has 0 saturated carbocycles. The van der Waals surface area contributed by atoms with Gasteiger partial charge in [0, 0.05) is 24.9 Å². The van der Waals surface area contributed by atoms with Gasteiger partial charge in [0.15, 0.2) is 0 Å². The van der Waals surface area contributed by atoms with E-state index in [1.807, 2.05) is 39.8 Å². The molecule has 0 fully saturated rings. The third kappa shape index (κ3) is 4.02. The highest BCUT2D eigenvalue weighted by Gasteiger charge is 2.45. The number of hydrogen-bond acceptors (Lipinski definition) is 4. The second-order valence-electron chi connectivity index (χ2n) is 7.56. The summed E-state index contributed by atoms with van der Waals surface area (Å²) in [5.41, 5.74) is 2.86. The zero-order chi connectivity index (χ0) is 18.7. The van der Waals surface area contributed by atoms with Crippen LogP contribution in [0.25, 0.3) is 0 Å². The van der Waals surface area contributed by atoms with E-state index in [0.29, 0.717) is 0 Å². The average molecular weight is 355 g/mol. The number of rotatable bonds is 6. The van der Waals surface area contributed by atoms with E-state index in [-0.39, 0.29) is 18.3 Å². The first-order valence-electron chi connectivity index (χ1n) is 9.19. The third-order valence-electron chi connectivity index (χ3n) is 4.66. The smallest absolute Gasteiger partial charge is 0.132 e. The van der Waals surface area contributed by atoms with Crippen molar-refractivity contribution in [3.63, 3.8) is 0 Å². The second kappa shape index (κ2) is 7.68. The van der Waals surface area contributed by atoms with Gasteiger partial charge in [0.05, 0.1) is 6.10 Å². The Morgan fingerprint density at radius 1 is 1.12 bits per heavy atom. The summed E-state index contributed by atoms with van der Waals surface area (Å²) in [7, 11) is 1.72. The highest BCUT2D eigenvalue weighted by atomic mass is 16.6. The third-order valence-corrected chi connectivity index (χ3v) is 4.66. The Morgan fingerprint density at radius 3 is 2.50 bits per heavy atom. The number of fused-ring (bicyclic) bond motifs is 1. The number of benzene rings is 2. The maximum atomic E-state index is 6.24. The van der Waals surface area contributed by atoms with Gasteiger partial charge in [-0.3, -0.25) is 0 Å². The molecular weight excluding hydrogens is 326 g/mol. The molecule has 2 aromatic rings. The number of anilines is 1. The average Bonchev–Trinajstić information content (AvgIpc) is 2.60. The maximum absolute atomic E-state index is 6.24. The summed E-state index contributed by atoms with van der Waals surface area (Å²) in [5, 5.41) is 3.49. The Hall–Kier alpha value is -2.04. The Labute approximate surface area is 156 Å². The Morgan fingerprint density at radius 2 is 1.85 bits per heavy atom. The van der Waals surface area contributed by atoms with E-state index in [9.17, 15) is 0 Å². The molecule has 0 aromatic heterocycles. The van der Waals surface area contributed by atoms with Crippen LogP contribution in [0.1, 0.15) is 44.9 Å². The van der Waals surface area contributed by atoms with Crippen molar-refractivity contribution in [2.75, 3.05) is 12.4 Å². The van der Waals surface area contributed by atoms with Crippen molar-refractivity contribution in [1.82, 2.24) is 0 Å². The molecule has 0 bridgehead atoms. The van der Waals surface area contributed by atoms with Gasteiger partial charge in [0.1, 0.15) is 23.6 Å². The molecule has 26 heavy (non-hydrogen) atoms. The lowest BCUT2D eigenvalue weighted by atomic mass is 9.87. The predicted molar refractivity (Wildman–Crippen MR) is 105 cm³/mol. The maximum Gasteiger partial charge on any atom is 0.132 e. The first kappa shape index (κ1) is 18.7. The Kier molecular flexibility index (Phi) is 5.54. The number of nitrogens with one attached hydrogen (secondary N) is 1. The molecule has 140 valence electrons. The Bertz CT molecular complexity index is 727. The van der Waals surface area contributed by atoms with Gasteiger partial charge < -0.3 is 19.5 Å². The molecule has 1 aliphatic rings. The molecule has 0 radical (unpaired) electrons. The van der Waals surface area contributed by atoms with E-state index >= 15 is 0 Å². The minimum atomic E-state index is -0.458. The van der Waals surface area contributed by atoms with Gasteiger partial charge in [-0.2, -0.15) is 0 Å². The van der Waals surface area contributed by atoms with Crippen molar-refractivity contribution in [3.8, 4) is 5.75 Å². The number of methoxy groups -OCH3 is 1. The van der Waals surface area contributed by atoms with Gasteiger partial charge in [0.25, 0.3) is 0 Å². The first-order valence-corrected chi connectivity index (χ1v) is 9.19. The fourth-order valence-electron chi connectivity index (χ4n) is 3.49. The summed E-state index contributed by atoms with van der Waals surface area (Å²) in [4.78, 5) is 0. The summed E-state index contributed by atoms with van der Waals surface area (Å²) in [5.74, 6) is 0.860. The van der Waals surface area contributed by atoms with Crippen LogP contribution in [-0.4, -0.2) is 24.9 Å². The van der Waals surface area contributed by atoms with Gasteiger partial charge >= 0.3 is 0 Å². The second-order valence-corrected chi connectivity index (χ2v) is 7.56. The topological polar surface area (TPSA) is 39.7 Å². The van der Waals surface area contributed by atoms with E-state index in [4.69, 9.17) is 14.2 Å². The van der Waals surface area contributed by atoms with E-state index in [2.05, 4.69) is 41.7 Å². The molecule has 0 saturated heterocycles. The minimum Gasteiger partial charge on any atom is -0.485 e. The van der Waals surface area contributed by atoms with E-state index in [1.165, 1.54) is 5.56 Å². The van der Waals surface area contributed by atoms with E-state index in [0.717, 1.165) is 23.5 Å². The monoisotopic (exact) mass is 355 g/mol. The SMILES string of the molecule is COC1C(OC(C)C)c2cc(NCc3ccccc3)ccc2OC1(C)C. The molecule has 2 aromatic carbocycles. The van der Waals surface area contributed by atoms with Gasteiger partial charge in [-0.25, -0.2) is 0 Å². The molecule has 4 nitrogen and oxygen atoms in total. The lowest BCUT2D eigenvalue weighted by Gasteiger charge is -2.44. The molecule has 2 unspecified atom stereocenters. The van der Waals surface area contributed by atoms with Crippen LogP contribution < -0.4 is 10.1 Å². The normalized spacial score (nSPS) is 21.2. The Balaban J connectivity index is 1.87. The van der Waals surface area contributed by atoms with Gasteiger partial charge in [-0.1, -0.05) is 30.3 Å². The summed E-state index contributed by atoms with van der Waals surface area (Å²) in [6, 6.07) is 16.5. The van der Waals surface area contributed by atoms with Crippen molar-refractivity contribution < 1.29 is 14.2 Å². The van der Waals surface area contributed by atoms with Crippen molar-refractivity contribution >= 4 is 5.69 Å². The first-order chi connectivity index (χ1) is 12.4. The van der Waals surface area contributed by atoms with E-state index < -0.39 is 5.60 Å². The fraction of sp³-hybridized carbons (Fsp3) is 0.455. The zero-order valence-electron chi connectivity index (χ0n) is 16.3. The van der Waals surface area contributed by atoms with Crippen molar-refractivity contribution in [1.29, 1.82) is 0 Å². The van der Waals surface area contributed by atoms with Crippen molar-refractivity contribution in [3.05, 3.63) is 59.7 Å². The molecule has 0 amide bonds. The molecule has 0 aliphatic carbocycles. The predicted octanol–water partition coefficient (Wildman–Crippen LogP) is 4.95. The van der Waals surface area contributed by atoms with E-state index in [1.54, 1.807) is 7.11 Å². The molecule has 4 heteroatoms. The van der Waals surface area contributed by atoms with Crippen LogP contribution in [0, 0.1) is 0 Å². The summed E-state index contributed by atoms with van der Waals surface area (Å²) < 4.78 is 18.2. The summed E-state index contributed by atoms with van der Waals surface area (Å²) >= 11 is 0. The molecule has 0 spiro atoms. The van der Waals surface area contributed by atoms with Gasteiger partial charge in [-0.15, -0.1) is 0 Å². The lowest BCUT2D eigenvalue weighted by molar-refractivity contribution is -0.161. The zero-order valence-corrected chi connectivity index (χ0v) is 16.3. The number of ether oxygens (including phenoxy) is 3. The van der Waals surface area contributed by atoms with Crippen LogP contribution in [0.5, 0.6) is 5.75 Å². The molecule has 1 aliphatic heterocycles. The van der Waals surface area contributed by atoms with Crippen LogP contribution in [0.4, 0.5) is 5.69 Å². The van der Waals surface area contributed by atoms with Crippen LogP contribution >= 0.6 is 0 Å². The van der Waals surface area contributed by atoms with Crippen molar-refractivity contribution in [2.24, 2.45) is 0 Å². The highest BCUT2D eigenvalue weighted by Crippen LogP contribution is 2.44. The number of hydrogen-bond donors (Lipinski definition) is 1. The molecule has 3 rings (SSSR count). The highest BCUT2D eigenvalue weighted by molar-refractivity contribution is 5.53. The minimum absolute atomic E-state index is 0.0975. The summed E-state index contributed by atoms with van der Waals surface area (Å²) in [6.07, 6.45) is -0.251. The largest absolute Gasteiger partial charge is 0.485 e. The summed E-state index contributed by atoms with van der Waals surface area (Å²) in [6.45, 7) is 8.96. The van der Waals surface area contributed by atoms with Crippen LogP contribution in [0.2, 0.25) is 0 Å². The lowest BCUT2D eigenvalue weighted by Crippen LogP contribution is -2.50. The standard InChI is InChI=1S/C22H29NO3/c1-15(2)25-20-18-13-17(23-14-16-9-7-6-8-10-16)11-12-19(18)26-22(3,4)21(20)24-5/h6-13,15,20-21,23H,14H2,1-5H3. The van der Waals surface area contributed by atoms with Gasteiger partial charge in [-0.05, 0) is 51.5 Å². The molecule has 1 N–H and O–H groups in total.